The number of anilines is 1. The fraction of sp³-hybridized carbons (Fsp3) is 0.154. The average Bonchev–Trinajstić information content (AvgIpc) is 2.34. The Morgan fingerprint density at radius 3 is 2.67 bits per heavy atom. The van der Waals surface area contributed by atoms with Crippen LogP contribution in [-0.4, -0.2) is 4.98 Å². The molecule has 2 rings (SSSR count). The van der Waals surface area contributed by atoms with Gasteiger partial charge < -0.3 is 10.5 Å². The third-order valence-electron chi connectivity index (χ3n) is 2.49. The van der Waals surface area contributed by atoms with Crippen molar-refractivity contribution in [2.45, 2.75) is 13.0 Å². The van der Waals surface area contributed by atoms with Gasteiger partial charge in [-0.1, -0.05) is 23.7 Å². The zero-order valence-corrected chi connectivity index (χ0v) is 12.1. The second kappa shape index (κ2) is 5.59. The minimum atomic E-state index is -0.124. The van der Waals surface area contributed by atoms with Gasteiger partial charge in [0.05, 0.1) is 0 Å². The van der Waals surface area contributed by atoms with Gasteiger partial charge in [0.2, 0.25) is 0 Å². The van der Waals surface area contributed by atoms with Crippen molar-refractivity contribution in [1.29, 1.82) is 0 Å². The molecule has 1 unspecified atom stereocenters. The number of nitrogen functional groups attached to an aromatic ring is 1. The number of halogens is 2. The van der Waals surface area contributed by atoms with Crippen LogP contribution in [0.5, 0.6) is 5.75 Å². The maximum atomic E-state index is 5.85. The van der Waals surface area contributed by atoms with Crippen molar-refractivity contribution in [2.24, 2.45) is 0 Å². The van der Waals surface area contributed by atoms with Gasteiger partial charge in [0.1, 0.15) is 6.10 Å². The summed E-state index contributed by atoms with van der Waals surface area (Å²) in [6.07, 6.45) is 1.51. The van der Waals surface area contributed by atoms with Crippen LogP contribution in [0.25, 0.3) is 0 Å². The van der Waals surface area contributed by atoms with E-state index in [1.54, 1.807) is 12.3 Å². The van der Waals surface area contributed by atoms with Crippen LogP contribution in [0.4, 0.5) is 5.82 Å². The summed E-state index contributed by atoms with van der Waals surface area (Å²) in [6, 6.07) is 9.32. The molecule has 3 nitrogen and oxygen atoms in total. The fourth-order valence-corrected chi connectivity index (χ4v) is 1.95. The second-order valence-corrected chi connectivity index (χ2v) is 5.20. The van der Waals surface area contributed by atoms with Gasteiger partial charge in [-0.3, -0.25) is 0 Å². The van der Waals surface area contributed by atoms with E-state index in [9.17, 15) is 0 Å². The molecule has 18 heavy (non-hydrogen) atoms. The molecule has 0 radical (unpaired) electrons. The summed E-state index contributed by atoms with van der Waals surface area (Å²) in [7, 11) is 0. The van der Waals surface area contributed by atoms with Crippen molar-refractivity contribution < 1.29 is 4.74 Å². The van der Waals surface area contributed by atoms with E-state index < -0.39 is 0 Å². The van der Waals surface area contributed by atoms with Crippen molar-refractivity contribution in [2.75, 3.05) is 5.73 Å². The molecule has 5 heteroatoms. The third-order valence-corrected chi connectivity index (χ3v) is 3.18. The Hall–Kier alpha value is -1.26. The molecule has 0 aliphatic carbocycles. The number of ether oxygens (including phenoxy) is 1. The van der Waals surface area contributed by atoms with Gasteiger partial charge in [0.25, 0.3) is 0 Å². The molecule has 0 amide bonds. The minimum absolute atomic E-state index is 0.124. The van der Waals surface area contributed by atoms with Crippen molar-refractivity contribution in [3.8, 4) is 5.75 Å². The predicted molar refractivity (Wildman–Crippen MR) is 76.8 cm³/mol. The summed E-state index contributed by atoms with van der Waals surface area (Å²) >= 11 is 9.18. The smallest absolute Gasteiger partial charge is 0.166 e. The number of hydrogen-bond acceptors (Lipinski definition) is 3. The highest BCUT2D eigenvalue weighted by Crippen LogP contribution is 2.28. The lowest BCUT2D eigenvalue weighted by Crippen LogP contribution is -2.05. The second-order valence-electron chi connectivity index (χ2n) is 3.85. The molecule has 1 aromatic heterocycles. The Kier molecular flexibility index (Phi) is 4.09. The van der Waals surface area contributed by atoms with Crippen molar-refractivity contribution >= 4 is 33.3 Å². The lowest BCUT2D eigenvalue weighted by molar-refractivity contribution is 0.227. The van der Waals surface area contributed by atoms with E-state index in [1.165, 1.54) is 0 Å². The average molecular weight is 328 g/mol. The lowest BCUT2D eigenvalue weighted by Gasteiger charge is -2.16. The predicted octanol–water partition coefficient (Wildman–Crippen LogP) is 4.22. The van der Waals surface area contributed by atoms with E-state index in [-0.39, 0.29) is 6.10 Å². The van der Waals surface area contributed by atoms with E-state index >= 15 is 0 Å². The van der Waals surface area contributed by atoms with E-state index in [2.05, 4.69) is 20.9 Å². The molecule has 0 saturated carbocycles. The number of nitrogens with two attached hydrogens (primary N) is 1. The Bertz CT molecular complexity index is 545. The standard InChI is InChI=1S/C13H12BrClN2O/c1-8(9-2-4-11(15)5-3-9)18-12-6-10(14)7-17-13(12)16/h2-8H,1H3,(H2,16,17). The van der Waals surface area contributed by atoms with Crippen LogP contribution in [0.2, 0.25) is 5.02 Å². The summed E-state index contributed by atoms with van der Waals surface area (Å²) in [4.78, 5) is 4.02. The molecular formula is C13H12BrClN2O. The fourth-order valence-electron chi connectivity index (χ4n) is 1.52. The molecule has 0 bridgehead atoms. The Balaban J connectivity index is 2.18. The summed E-state index contributed by atoms with van der Waals surface area (Å²) in [5.74, 6) is 0.936. The van der Waals surface area contributed by atoms with Gasteiger partial charge in [-0.05, 0) is 46.6 Å². The van der Waals surface area contributed by atoms with E-state index in [0.717, 1.165) is 10.0 Å². The topological polar surface area (TPSA) is 48.1 Å². The molecule has 0 aliphatic heterocycles. The SMILES string of the molecule is CC(Oc1cc(Br)cnc1N)c1ccc(Cl)cc1. The first-order valence-electron chi connectivity index (χ1n) is 5.39. The van der Waals surface area contributed by atoms with Crippen LogP contribution >= 0.6 is 27.5 Å². The molecule has 0 aliphatic rings. The van der Waals surface area contributed by atoms with E-state index in [4.69, 9.17) is 22.1 Å². The third kappa shape index (κ3) is 3.15. The van der Waals surface area contributed by atoms with E-state index in [0.29, 0.717) is 16.6 Å². The Labute approximate surface area is 119 Å². The molecule has 2 aromatic rings. The van der Waals surface area contributed by atoms with Gasteiger partial charge in [0.15, 0.2) is 11.6 Å². The van der Waals surface area contributed by atoms with Gasteiger partial charge in [0, 0.05) is 15.7 Å². The van der Waals surface area contributed by atoms with Gasteiger partial charge >= 0.3 is 0 Å². The number of benzene rings is 1. The first-order valence-corrected chi connectivity index (χ1v) is 6.56. The summed E-state index contributed by atoms with van der Waals surface area (Å²) < 4.78 is 6.62. The molecule has 0 spiro atoms. The van der Waals surface area contributed by atoms with Gasteiger partial charge in [-0.2, -0.15) is 0 Å². The van der Waals surface area contributed by atoms with Crippen LogP contribution in [0.15, 0.2) is 41.0 Å². The summed E-state index contributed by atoms with van der Waals surface area (Å²) in [5.41, 5.74) is 6.79. The quantitative estimate of drug-likeness (QED) is 0.918. The van der Waals surface area contributed by atoms with E-state index in [1.807, 2.05) is 31.2 Å². The van der Waals surface area contributed by atoms with Crippen molar-refractivity contribution in [3.05, 3.63) is 51.6 Å². The molecule has 0 fully saturated rings. The maximum Gasteiger partial charge on any atom is 0.166 e. The lowest BCUT2D eigenvalue weighted by atomic mass is 10.1. The van der Waals surface area contributed by atoms with Crippen LogP contribution < -0.4 is 10.5 Å². The first kappa shape index (κ1) is 13.2. The van der Waals surface area contributed by atoms with Crippen LogP contribution in [0.3, 0.4) is 0 Å². The molecule has 1 heterocycles. The molecule has 1 atom stereocenters. The summed E-state index contributed by atoms with van der Waals surface area (Å²) in [5, 5.41) is 0.703. The molecule has 1 aromatic carbocycles. The number of nitrogens with zero attached hydrogens (tertiary/aromatic N) is 1. The van der Waals surface area contributed by atoms with Crippen molar-refractivity contribution in [3.63, 3.8) is 0 Å². The molecular weight excluding hydrogens is 316 g/mol. The minimum Gasteiger partial charge on any atom is -0.482 e. The highest BCUT2D eigenvalue weighted by atomic mass is 79.9. The Morgan fingerprint density at radius 1 is 1.33 bits per heavy atom. The van der Waals surface area contributed by atoms with Crippen LogP contribution in [-0.2, 0) is 0 Å². The highest BCUT2D eigenvalue weighted by Gasteiger charge is 2.10. The van der Waals surface area contributed by atoms with Crippen LogP contribution in [0, 0.1) is 0 Å². The largest absolute Gasteiger partial charge is 0.482 e. The number of hydrogen-bond donors (Lipinski definition) is 1. The van der Waals surface area contributed by atoms with Crippen molar-refractivity contribution in [1.82, 2.24) is 4.98 Å². The Morgan fingerprint density at radius 2 is 2.00 bits per heavy atom. The number of pyridine rings is 1. The molecule has 0 saturated heterocycles. The summed E-state index contributed by atoms with van der Waals surface area (Å²) in [6.45, 7) is 1.95. The number of aromatic nitrogens is 1. The first-order chi connectivity index (χ1) is 8.56. The highest BCUT2D eigenvalue weighted by molar-refractivity contribution is 9.10. The number of rotatable bonds is 3. The monoisotopic (exact) mass is 326 g/mol. The maximum absolute atomic E-state index is 5.85. The van der Waals surface area contributed by atoms with Gasteiger partial charge in [-0.15, -0.1) is 0 Å². The zero-order chi connectivity index (χ0) is 13.1. The normalized spacial score (nSPS) is 12.2. The zero-order valence-electron chi connectivity index (χ0n) is 9.73. The van der Waals surface area contributed by atoms with Crippen LogP contribution in [0.1, 0.15) is 18.6 Å². The molecule has 2 N–H and O–H groups in total. The van der Waals surface area contributed by atoms with Gasteiger partial charge in [-0.25, -0.2) is 4.98 Å². The molecule has 94 valence electrons.